The lowest BCUT2D eigenvalue weighted by molar-refractivity contribution is -0.0520. The van der Waals surface area contributed by atoms with Gasteiger partial charge in [-0.2, -0.15) is 8.78 Å². The summed E-state index contributed by atoms with van der Waals surface area (Å²) in [4.78, 5) is 4.03. The molecule has 0 heterocycles. The maximum atomic E-state index is 12.7. The second-order valence-electron chi connectivity index (χ2n) is 5.43. The minimum atomic E-state index is -3.21. The van der Waals surface area contributed by atoms with Gasteiger partial charge < -0.3 is 20.1 Å². The van der Waals surface area contributed by atoms with Gasteiger partial charge in [0.25, 0.3) is 0 Å². The summed E-state index contributed by atoms with van der Waals surface area (Å²) >= 11 is 0. The van der Waals surface area contributed by atoms with Crippen molar-refractivity contribution >= 4 is 16.0 Å². The van der Waals surface area contributed by atoms with E-state index < -0.39 is 16.6 Å². The predicted molar refractivity (Wildman–Crippen MR) is 99.9 cm³/mol. The average molecular weight is 408 g/mol. The molecule has 1 rings (SSSR count). The van der Waals surface area contributed by atoms with Crippen molar-refractivity contribution in [3.05, 3.63) is 23.8 Å². The number of benzene rings is 1. The maximum absolute atomic E-state index is 12.7. The molecule has 154 valence electrons. The number of hydrogen-bond acceptors (Lipinski definition) is 5. The van der Waals surface area contributed by atoms with Gasteiger partial charge in [-0.1, -0.05) is 12.1 Å². The summed E-state index contributed by atoms with van der Waals surface area (Å²) in [5.41, 5.74) is 0.489. The van der Waals surface area contributed by atoms with Crippen LogP contribution in [0.3, 0.4) is 0 Å². The van der Waals surface area contributed by atoms with Gasteiger partial charge in [-0.25, -0.2) is 13.1 Å². The molecule has 0 saturated heterocycles. The van der Waals surface area contributed by atoms with Crippen LogP contribution in [0.2, 0.25) is 0 Å². The number of para-hydroxylation sites is 1. The van der Waals surface area contributed by atoms with Gasteiger partial charge in [0.2, 0.25) is 10.0 Å². The number of sulfonamides is 1. The third-order valence-corrected chi connectivity index (χ3v) is 3.98. The van der Waals surface area contributed by atoms with E-state index in [1.54, 1.807) is 32.2 Å². The normalized spacial score (nSPS) is 12.1. The van der Waals surface area contributed by atoms with E-state index in [0.717, 1.165) is 6.26 Å². The zero-order chi connectivity index (χ0) is 20.3. The van der Waals surface area contributed by atoms with Crippen molar-refractivity contribution < 1.29 is 26.7 Å². The van der Waals surface area contributed by atoms with E-state index in [1.165, 1.54) is 0 Å². The van der Waals surface area contributed by atoms with E-state index in [0.29, 0.717) is 37.6 Å². The van der Waals surface area contributed by atoms with Crippen molar-refractivity contribution in [3.8, 4) is 11.5 Å². The molecule has 0 atom stereocenters. The summed E-state index contributed by atoms with van der Waals surface area (Å²) in [5.74, 6) is 0.667. The third-order valence-electron chi connectivity index (χ3n) is 3.25. The van der Waals surface area contributed by atoms with E-state index in [4.69, 9.17) is 4.74 Å². The molecule has 0 radical (unpaired) electrons. The van der Waals surface area contributed by atoms with Crippen molar-refractivity contribution in [2.75, 3.05) is 33.0 Å². The Balaban J connectivity index is 2.62. The number of ether oxygens (including phenoxy) is 2. The van der Waals surface area contributed by atoms with E-state index in [9.17, 15) is 17.2 Å². The fourth-order valence-corrected chi connectivity index (χ4v) is 2.66. The lowest BCUT2D eigenvalue weighted by atomic mass is 10.2. The highest BCUT2D eigenvalue weighted by Gasteiger charge is 2.16. The lowest BCUT2D eigenvalue weighted by Crippen LogP contribution is -2.38. The topological polar surface area (TPSA) is 101 Å². The van der Waals surface area contributed by atoms with Gasteiger partial charge in [0.05, 0.1) is 12.9 Å². The Hall–Kier alpha value is -2.14. The third kappa shape index (κ3) is 9.38. The Kier molecular flexibility index (Phi) is 9.79. The van der Waals surface area contributed by atoms with Gasteiger partial charge in [-0.15, -0.1) is 0 Å². The lowest BCUT2D eigenvalue weighted by Gasteiger charge is -2.17. The standard InChI is InChI=1S/C16H26F2N4O4S/c1-4-25-13-8-5-7-12(14(13)26-15(17)18)11-21-16(19-2)20-9-6-10-22-27(3,23)24/h5,7-8,15,22H,4,6,9-11H2,1-3H3,(H2,19,20,21). The Labute approximate surface area is 158 Å². The molecule has 1 aromatic rings. The first kappa shape index (κ1) is 22.9. The smallest absolute Gasteiger partial charge is 0.387 e. The molecule has 0 aliphatic rings. The summed E-state index contributed by atoms with van der Waals surface area (Å²) in [6.45, 7) is 0.0604. The largest absolute Gasteiger partial charge is 0.490 e. The van der Waals surface area contributed by atoms with Gasteiger partial charge in [0.15, 0.2) is 17.5 Å². The van der Waals surface area contributed by atoms with Crippen molar-refractivity contribution in [1.29, 1.82) is 0 Å². The van der Waals surface area contributed by atoms with Gasteiger partial charge in [-0.3, -0.25) is 4.99 Å². The van der Waals surface area contributed by atoms with Crippen LogP contribution in [0.15, 0.2) is 23.2 Å². The molecule has 1 aromatic carbocycles. The molecular weight excluding hydrogens is 382 g/mol. The zero-order valence-electron chi connectivity index (χ0n) is 15.6. The fourth-order valence-electron chi connectivity index (χ4n) is 2.14. The number of alkyl halides is 2. The van der Waals surface area contributed by atoms with E-state index in [1.807, 2.05) is 0 Å². The molecule has 11 heteroatoms. The van der Waals surface area contributed by atoms with Crippen LogP contribution in [-0.2, 0) is 16.6 Å². The van der Waals surface area contributed by atoms with Crippen molar-refractivity contribution in [2.45, 2.75) is 26.5 Å². The van der Waals surface area contributed by atoms with Crippen LogP contribution in [0, 0.1) is 0 Å². The number of guanidine groups is 1. The van der Waals surface area contributed by atoms with Crippen LogP contribution in [-0.4, -0.2) is 54.0 Å². The monoisotopic (exact) mass is 408 g/mol. The number of aliphatic imine (C=N–C) groups is 1. The van der Waals surface area contributed by atoms with Gasteiger partial charge in [0.1, 0.15) is 0 Å². The molecule has 0 unspecified atom stereocenters. The average Bonchev–Trinajstić information content (AvgIpc) is 2.58. The molecule has 8 nitrogen and oxygen atoms in total. The highest BCUT2D eigenvalue weighted by atomic mass is 32.2. The fraction of sp³-hybridized carbons (Fsp3) is 0.562. The highest BCUT2D eigenvalue weighted by molar-refractivity contribution is 7.88. The number of rotatable bonds is 11. The first-order valence-electron chi connectivity index (χ1n) is 8.35. The molecule has 0 fully saturated rings. The Morgan fingerprint density at radius 2 is 2.00 bits per heavy atom. The van der Waals surface area contributed by atoms with Crippen molar-refractivity contribution in [3.63, 3.8) is 0 Å². The maximum Gasteiger partial charge on any atom is 0.387 e. The molecule has 0 amide bonds. The summed E-state index contributed by atoms with van der Waals surface area (Å²) in [5, 5.41) is 6.01. The quantitative estimate of drug-likeness (QED) is 0.290. The van der Waals surface area contributed by atoms with Crippen LogP contribution in [0.5, 0.6) is 11.5 Å². The number of nitrogens with zero attached hydrogens (tertiary/aromatic N) is 1. The van der Waals surface area contributed by atoms with Crippen LogP contribution < -0.4 is 24.8 Å². The molecular formula is C16H26F2N4O4S. The molecule has 0 bridgehead atoms. The van der Waals surface area contributed by atoms with Crippen LogP contribution >= 0.6 is 0 Å². The second-order valence-corrected chi connectivity index (χ2v) is 7.26. The molecule has 0 aliphatic carbocycles. The first-order valence-corrected chi connectivity index (χ1v) is 10.2. The summed E-state index contributed by atoms with van der Waals surface area (Å²) in [6, 6.07) is 4.90. The molecule has 0 saturated carbocycles. The predicted octanol–water partition coefficient (Wildman–Crippen LogP) is 1.29. The van der Waals surface area contributed by atoms with Crippen LogP contribution in [0.25, 0.3) is 0 Å². The van der Waals surface area contributed by atoms with Crippen molar-refractivity contribution in [1.82, 2.24) is 15.4 Å². The Bertz CT molecular complexity index is 714. The highest BCUT2D eigenvalue weighted by Crippen LogP contribution is 2.32. The molecule has 3 N–H and O–H groups in total. The van der Waals surface area contributed by atoms with Crippen LogP contribution in [0.4, 0.5) is 8.78 Å². The van der Waals surface area contributed by atoms with Gasteiger partial charge in [-0.05, 0) is 19.4 Å². The number of nitrogens with one attached hydrogen (secondary N) is 3. The summed E-state index contributed by atoms with van der Waals surface area (Å²) in [7, 11) is -1.64. The Morgan fingerprint density at radius 3 is 2.59 bits per heavy atom. The molecule has 27 heavy (non-hydrogen) atoms. The number of hydrogen-bond donors (Lipinski definition) is 3. The van der Waals surface area contributed by atoms with Crippen LogP contribution in [0.1, 0.15) is 18.9 Å². The van der Waals surface area contributed by atoms with E-state index in [-0.39, 0.29) is 18.0 Å². The zero-order valence-corrected chi connectivity index (χ0v) is 16.4. The summed E-state index contributed by atoms with van der Waals surface area (Å²) < 4.78 is 59.8. The molecule has 0 spiro atoms. The second kappa shape index (κ2) is 11.5. The van der Waals surface area contributed by atoms with E-state index in [2.05, 4.69) is 25.1 Å². The van der Waals surface area contributed by atoms with Gasteiger partial charge >= 0.3 is 6.61 Å². The van der Waals surface area contributed by atoms with Crippen molar-refractivity contribution in [2.24, 2.45) is 4.99 Å². The summed E-state index contributed by atoms with van der Waals surface area (Å²) in [6.07, 6.45) is 1.64. The minimum absolute atomic E-state index is 0.0188. The minimum Gasteiger partial charge on any atom is -0.490 e. The Morgan fingerprint density at radius 1 is 1.26 bits per heavy atom. The first-order chi connectivity index (χ1) is 12.8. The SMILES string of the molecule is CCOc1cccc(CNC(=NC)NCCCNS(C)(=O)=O)c1OC(F)F. The number of halogens is 2. The van der Waals surface area contributed by atoms with E-state index >= 15 is 0 Å². The molecule has 0 aliphatic heterocycles. The van der Waals surface area contributed by atoms with Gasteiger partial charge in [0, 0.05) is 32.2 Å². The molecule has 0 aromatic heterocycles.